The summed E-state index contributed by atoms with van der Waals surface area (Å²) in [5, 5.41) is 16.8. The van der Waals surface area contributed by atoms with E-state index in [9.17, 15) is 14.9 Å². The molecule has 0 bridgehead atoms. The van der Waals surface area contributed by atoms with Crippen LogP contribution < -0.4 is 10.6 Å². The zero-order valence-corrected chi connectivity index (χ0v) is 18.8. The van der Waals surface area contributed by atoms with E-state index in [1.54, 1.807) is 43.3 Å². The summed E-state index contributed by atoms with van der Waals surface area (Å²) >= 11 is 7.02. The zero-order valence-electron chi connectivity index (χ0n) is 17.2. The first-order valence-corrected chi connectivity index (χ1v) is 10.9. The Morgan fingerprint density at radius 3 is 2.75 bits per heavy atom. The molecule has 1 aromatic carbocycles. The number of carbonyl (C=O) groups excluding carboxylic acids is 2. The molecule has 9 heteroatoms. The van der Waals surface area contributed by atoms with Crippen molar-refractivity contribution in [1.29, 1.82) is 5.26 Å². The van der Waals surface area contributed by atoms with Gasteiger partial charge in [-0.25, -0.2) is 4.79 Å². The molecule has 0 saturated carbocycles. The Balaban J connectivity index is 1.83. The molecule has 0 spiro atoms. The number of halogens is 1. The van der Waals surface area contributed by atoms with Gasteiger partial charge in [-0.05, 0) is 43.3 Å². The molecule has 2 N–H and O–H groups in total. The highest BCUT2D eigenvalue weighted by molar-refractivity contribution is 8.03. The van der Waals surface area contributed by atoms with E-state index in [4.69, 9.17) is 20.8 Å². The maximum Gasteiger partial charge on any atom is 0.337 e. The molecule has 1 amide bonds. The van der Waals surface area contributed by atoms with Crippen molar-refractivity contribution < 1.29 is 18.7 Å². The third-order valence-electron chi connectivity index (χ3n) is 4.50. The number of carbonyl (C=O) groups is 2. The lowest BCUT2D eigenvalue weighted by Gasteiger charge is -2.27. The summed E-state index contributed by atoms with van der Waals surface area (Å²) in [4.78, 5) is 25.1. The Morgan fingerprint density at radius 2 is 2.12 bits per heavy atom. The number of dihydropyridines is 1. The quantitative estimate of drug-likeness (QED) is 0.425. The Morgan fingerprint density at radius 1 is 1.38 bits per heavy atom. The minimum absolute atomic E-state index is 0.0402. The van der Waals surface area contributed by atoms with Gasteiger partial charge in [0.2, 0.25) is 5.91 Å². The Hall–Kier alpha value is -3.41. The van der Waals surface area contributed by atoms with Crippen LogP contribution in [-0.2, 0) is 14.3 Å². The van der Waals surface area contributed by atoms with E-state index in [1.807, 2.05) is 0 Å². The average Bonchev–Trinajstić information content (AvgIpc) is 3.31. The number of allylic oxidation sites excluding steroid dienone is 2. The van der Waals surface area contributed by atoms with Crippen LogP contribution in [0.25, 0.3) is 0 Å². The minimum atomic E-state index is -0.754. The largest absolute Gasteiger partial charge is 0.468 e. The average molecular weight is 470 g/mol. The molecular weight excluding hydrogens is 450 g/mol. The maximum absolute atomic E-state index is 12.7. The molecule has 7 nitrogen and oxygen atoms in total. The molecule has 3 rings (SSSR count). The number of benzene rings is 1. The van der Waals surface area contributed by atoms with Crippen molar-refractivity contribution in [2.75, 3.05) is 17.7 Å². The molecule has 164 valence electrons. The number of nitriles is 1. The van der Waals surface area contributed by atoms with E-state index < -0.39 is 11.9 Å². The Bertz CT molecular complexity index is 1120. The summed E-state index contributed by atoms with van der Waals surface area (Å²) in [7, 11) is 0. The summed E-state index contributed by atoms with van der Waals surface area (Å²) in [5.41, 5.74) is 1.66. The van der Waals surface area contributed by atoms with Gasteiger partial charge in [0, 0.05) is 16.4 Å². The van der Waals surface area contributed by atoms with E-state index in [0.717, 1.165) is 11.8 Å². The number of anilines is 1. The summed E-state index contributed by atoms with van der Waals surface area (Å²) in [6.07, 6.45) is 2.94. The van der Waals surface area contributed by atoms with Crippen molar-refractivity contribution in [2.45, 2.75) is 12.8 Å². The number of rotatable bonds is 8. The standard InChI is InChI=1S/C23H20ClN3O4S/c1-3-10-31-23(29)20-14(2)26-22(17(12-25)21(20)18-5-4-11-30-18)32-13-19(28)27-16-8-6-15(24)7-9-16/h3-9,11,21,26H,1,10,13H2,2H3,(H,27,28)/t21-/m1/s1. The molecule has 0 unspecified atom stereocenters. The number of ether oxygens (including phenoxy) is 1. The van der Waals surface area contributed by atoms with Gasteiger partial charge in [0.05, 0.1) is 40.2 Å². The van der Waals surface area contributed by atoms with Crippen LogP contribution in [0.4, 0.5) is 5.69 Å². The van der Waals surface area contributed by atoms with Gasteiger partial charge in [-0.2, -0.15) is 5.26 Å². The maximum atomic E-state index is 12.7. The first-order chi connectivity index (χ1) is 15.4. The van der Waals surface area contributed by atoms with Crippen molar-refractivity contribution in [3.8, 4) is 6.07 Å². The highest BCUT2D eigenvalue weighted by Crippen LogP contribution is 2.41. The molecule has 0 aliphatic carbocycles. The van der Waals surface area contributed by atoms with Gasteiger partial charge in [0.15, 0.2) is 0 Å². The van der Waals surface area contributed by atoms with Gasteiger partial charge in [-0.3, -0.25) is 4.79 Å². The van der Waals surface area contributed by atoms with Crippen LogP contribution in [-0.4, -0.2) is 24.2 Å². The molecular formula is C23H20ClN3O4S. The first-order valence-electron chi connectivity index (χ1n) is 9.56. The van der Waals surface area contributed by atoms with E-state index in [0.29, 0.717) is 27.2 Å². The Kier molecular flexibility index (Phi) is 7.82. The van der Waals surface area contributed by atoms with Crippen LogP contribution in [0.1, 0.15) is 18.6 Å². The zero-order chi connectivity index (χ0) is 23.1. The number of hydrogen-bond acceptors (Lipinski definition) is 7. The van der Waals surface area contributed by atoms with E-state index in [2.05, 4.69) is 23.3 Å². The first kappa shape index (κ1) is 23.3. The third-order valence-corrected chi connectivity index (χ3v) is 5.77. The number of nitrogens with one attached hydrogen (secondary N) is 2. The van der Waals surface area contributed by atoms with Gasteiger partial charge in [-0.1, -0.05) is 36.0 Å². The van der Waals surface area contributed by atoms with E-state index in [1.165, 1.54) is 12.3 Å². The predicted octanol–water partition coefficient (Wildman–Crippen LogP) is 4.73. The number of nitrogens with zero attached hydrogens (tertiary/aromatic N) is 1. The molecule has 2 heterocycles. The molecule has 32 heavy (non-hydrogen) atoms. The molecule has 2 aromatic rings. The Labute approximate surface area is 194 Å². The fraction of sp³-hybridized carbons (Fsp3) is 0.174. The van der Waals surface area contributed by atoms with Crippen LogP contribution >= 0.6 is 23.4 Å². The van der Waals surface area contributed by atoms with Gasteiger partial charge >= 0.3 is 5.97 Å². The van der Waals surface area contributed by atoms with Crippen molar-refractivity contribution in [3.63, 3.8) is 0 Å². The molecule has 1 atom stereocenters. The molecule has 0 radical (unpaired) electrons. The van der Waals surface area contributed by atoms with E-state index in [-0.39, 0.29) is 29.4 Å². The monoisotopic (exact) mass is 469 g/mol. The van der Waals surface area contributed by atoms with Gasteiger partial charge in [0.25, 0.3) is 0 Å². The molecule has 1 aromatic heterocycles. The number of hydrogen-bond donors (Lipinski definition) is 2. The fourth-order valence-electron chi connectivity index (χ4n) is 3.12. The highest BCUT2D eigenvalue weighted by Gasteiger charge is 2.37. The lowest BCUT2D eigenvalue weighted by Crippen LogP contribution is -2.29. The summed E-state index contributed by atoms with van der Waals surface area (Å²) in [6, 6.07) is 12.3. The second-order valence-corrected chi connectivity index (χ2v) is 8.12. The van der Waals surface area contributed by atoms with E-state index >= 15 is 0 Å². The van der Waals surface area contributed by atoms with Crippen LogP contribution in [0.15, 0.2) is 81.6 Å². The second kappa shape index (κ2) is 10.8. The lowest BCUT2D eigenvalue weighted by molar-refractivity contribution is -0.138. The molecule has 1 aliphatic heterocycles. The predicted molar refractivity (Wildman–Crippen MR) is 124 cm³/mol. The van der Waals surface area contributed by atoms with Crippen molar-refractivity contribution in [2.24, 2.45) is 0 Å². The van der Waals surface area contributed by atoms with Crippen LogP contribution in [0.2, 0.25) is 5.02 Å². The molecule has 1 aliphatic rings. The molecule has 0 saturated heterocycles. The third kappa shape index (κ3) is 5.44. The topological polar surface area (TPSA) is 104 Å². The van der Waals surface area contributed by atoms with Crippen LogP contribution in [0, 0.1) is 11.3 Å². The van der Waals surface area contributed by atoms with Crippen molar-refractivity contribution in [3.05, 3.63) is 88.0 Å². The fourth-order valence-corrected chi connectivity index (χ4v) is 4.14. The van der Waals surface area contributed by atoms with Gasteiger partial charge in [0.1, 0.15) is 12.4 Å². The summed E-state index contributed by atoms with van der Waals surface area (Å²) in [5.74, 6) is -1.11. The van der Waals surface area contributed by atoms with Crippen molar-refractivity contribution >= 4 is 40.9 Å². The lowest BCUT2D eigenvalue weighted by atomic mass is 9.86. The van der Waals surface area contributed by atoms with Gasteiger partial charge in [-0.15, -0.1) is 0 Å². The number of thioether (sulfide) groups is 1. The number of furan rings is 1. The summed E-state index contributed by atoms with van der Waals surface area (Å²) < 4.78 is 10.7. The van der Waals surface area contributed by atoms with Crippen molar-refractivity contribution in [1.82, 2.24) is 5.32 Å². The number of esters is 1. The number of amides is 1. The van der Waals surface area contributed by atoms with Crippen LogP contribution in [0.3, 0.4) is 0 Å². The minimum Gasteiger partial charge on any atom is -0.468 e. The molecule has 0 fully saturated rings. The van der Waals surface area contributed by atoms with Gasteiger partial charge < -0.3 is 19.8 Å². The normalized spacial score (nSPS) is 15.6. The summed E-state index contributed by atoms with van der Waals surface area (Å²) in [6.45, 7) is 5.30. The highest BCUT2D eigenvalue weighted by atomic mass is 35.5. The second-order valence-electron chi connectivity index (χ2n) is 6.70. The SMILES string of the molecule is C=CCOC(=O)C1=C(C)NC(SCC(=O)Nc2ccc(Cl)cc2)=C(C#N)[C@@H]1c1ccco1. The van der Waals surface area contributed by atoms with Crippen LogP contribution in [0.5, 0.6) is 0 Å². The smallest absolute Gasteiger partial charge is 0.337 e.